The molecule has 15 heteroatoms. The first-order valence-electron chi connectivity index (χ1n) is 10.8. The number of benzene rings is 2. The van der Waals surface area contributed by atoms with Gasteiger partial charge in [0, 0.05) is 28.5 Å². The van der Waals surface area contributed by atoms with Crippen LogP contribution in [0.5, 0.6) is 0 Å². The minimum atomic E-state index is -4.08. The lowest BCUT2D eigenvalue weighted by Crippen LogP contribution is -2.55. The molecule has 176 valence electrons. The first kappa shape index (κ1) is 27.0. The van der Waals surface area contributed by atoms with Crippen molar-refractivity contribution in [2.24, 2.45) is 0 Å². The van der Waals surface area contributed by atoms with Crippen LogP contribution in [-0.4, -0.2) is 83.7 Å². The summed E-state index contributed by atoms with van der Waals surface area (Å²) in [7, 11) is 29.0. The number of amides is 4. The Morgan fingerprint density at radius 2 is 1.62 bits per heavy atom. The highest BCUT2D eigenvalue weighted by atomic mass is 35.5. The second-order valence-electron chi connectivity index (χ2n) is 8.79. The molecule has 1 fully saturated rings. The van der Waals surface area contributed by atoms with Gasteiger partial charge in [-0.25, -0.2) is 0 Å². The number of rotatable bonds is 5. The summed E-state index contributed by atoms with van der Waals surface area (Å²) in [5, 5.41) is -2.23. The molecule has 2 unspecified atom stereocenters. The predicted molar refractivity (Wildman–Crippen MR) is 133 cm³/mol. The fraction of sp³-hybridized carbons (Fsp3) is 0.273. The van der Waals surface area contributed by atoms with Crippen molar-refractivity contribution in [2.75, 3.05) is 0 Å². The summed E-state index contributed by atoms with van der Waals surface area (Å²) in [6.07, 6.45) is -0.138. The number of imide groups is 1. The van der Waals surface area contributed by atoms with Gasteiger partial charge in [-0.05, 0) is 41.1 Å². The highest BCUT2D eigenvalue weighted by molar-refractivity contribution is 6.43. The smallest absolute Gasteiger partial charge is 0.348 e. The van der Waals surface area contributed by atoms with Crippen LogP contribution in [0.4, 0.5) is 8.78 Å². The van der Waals surface area contributed by atoms with Gasteiger partial charge in [0.1, 0.15) is 6.04 Å². The van der Waals surface area contributed by atoms with Gasteiger partial charge in [-0.15, -0.1) is 0 Å². The standard InChI is InChI=1S/C22H13B5ClF2N3O4/c23-15-8-16(19(36)32(26)18(15)35)31-9-10-7-12(3-6-14(10)17(31)34)22(24,25)33(27)20(37)21(29,30)11-1-4-13(28)5-2-11/h1-7,15-16H,8-9H2. The van der Waals surface area contributed by atoms with Crippen molar-refractivity contribution in [1.82, 2.24) is 14.5 Å². The van der Waals surface area contributed by atoms with Gasteiger partial charge in [-0.1, -0.05) is 35.9 Å². The molecular weight excluding hydrogens is 498 g/mol. The number of carbonyl (C=O) groups excluding carboxylic acids is 4. The maximum Gasteiger partial charge on any atom is 0.348 e. The van der Waals surface area contributed by atoms with Crippen molar-refractivity contribution in [1.29, 1.82) is 0 Å². The number of nitrogens with zero attached hydrogens (tertiary/aromatic N) is 3. The molecule has 1 saturated heterocycles. The maximum atomic E-state index is 14.9. The summed E-state index contributed by atoms with van der Waals surface area (Å²) in [5.41, 5.74) is -0.241. The zero-order valence-electron chi connectivity index (χ0n) is 19.1. The third kappa shape index (κ3) is 4.49. The predicted octanol–water partition coefficient (Wildman–Crippen LogP) is 0.615. The Kier molecular flexibility index (Phi) is 6.86. The van der Waals surface area contributed by atoms with E-state index in [1.165, 1.54) is 35.2 Å². The molecule has 37 heavy (non-hydrogen) atoms. The van der Waals surface area contributed by atoms with E-state index >= 15 is 0 Å². The second kappa shape index (κ2) is 9.38. The lowest BCUT2D eigenvalue weighted by molar-refractivity contribution is -0.155. The van der Waals surface area contributed by atoms with E-state index in [1.807, 2.05) is 0 Å². The normalized spacial score (nSPS) is 20.2. The van der Waals surface area contributed by atoms with Gasteiger partial charge in [0.05, 0.1) is 23.5 Å². The van der Waals surface area contributed by atoms with E-state index in [9.17, 15) is 28.0 Å². The van der Waals surface area contributed by atoms with Crippen LogP contribution in [0.15, 0.2) is 42.5 Å². The van der Waals surface area contributed by atoms with Gasteiger partial charge < -0.3 is 14.5 Å². The molecule has 0 aromatic heterocycles. The number of alkyl halides is 2. The fourth-order valence-electron chi connectivity index (χ4n) is 4.24. The quantitative estimate of drug-likeness (QED) is 0.436. The zero-order valence-corrected chi connectivity index (χ0v) is 19.9. The number of fused-ring (bicyclic) bond motifs is 1. The van der Waals surface area contributed by atoms with Gasteiger partial charge in [-0.3, -0.25) is 19.2 Å². The number of hydrogen-bond acceptors (Lipinski definition) is 4. The Bertz CT molecular complexity index is 1310. The molecule has 4 amide bonds. The first-order chi connectivity index (χ1) is 17.2. The van der Waals surface area contributed by atoms with Crippen LogP contribution in [0.3, 0.4) is 0 Å². The number of halogens is 3. The summed E-state index contributed by atoms with van der Waals surface area (Å²) < 4.78 is 29.8. The van der Waals surface area contributed by atoms with Crippen molar-refractivity contribution in [2.45, 2.75) is 36.1 Å². The van der Waals surface area contributed by atoms with Gasteiger partial charge in [0.2, 0.25) is 27.8 Å². The van der Waals surface area contributed by atoms with E-state index in [-0.39, 0.29) is 33.9 Å². The van der Waals surface area contributed by atoms with E-state index < -0.39 is 52.3 Å². The highest BCUT2D eigenvalue weighted by Gasteiger charge is 2.47. The average Bonchev–Trinajstić information content (AvgIpc) is 3.19. The Hall–Kier alpha value is -3.01. The van der Waals surface area contributed by atoms with Crippen molar-refractivity contribution < 1.29 is 28.0 Å². The molecular formula is C22H13B5ClF2N3O4. The van der Waals surface area contributed by atoms with E-state index in [1.54, 1.807) is 0 Å². The summed E-state index contributed by atoms with van der Waals surface area (Å²) in [4.78, 5) is 51.6. The van der Waals surface area contributed by atoms with Crippen LogP contribution >= 0.6 is 11.6 Å². The summed E-state index contributed by atoms with van der Waals surface area (Å²) >= 11 is 5.72. The van der Waals surface area contributed by atoms with Gasteiger partial charge in [0.25, 0.3) is 11.8 Å². The van der Waals surface area contributed by atoms with Crippen LogP contribution in [0, 0.1) is 0 Å². The summed E-state index contributed by atoms with van der Waals surface area (Å²) in [6, 6.07) is 7.08. The highest BCUT2D eigenvalue weighted by Crippen LogP contribution is 2.36. The van der Waals surface area contributed by atoms with E-state index in [2.05, 4.69) is 0 Å². The Morgan fingerprint density at radius 3 is 2.24 bits per heavy atom. The van der Waals surface area contributed by atoms with Crippen LogP contribution in [0.1, 0.15) is 33.5 Å². The molecule has 0 saturated carbocycles. The molecule has 0 bridgehead atoms. The van der Waals surface area contributed by atoms with Gasteiger partial charge >= 0.3 is 5.92 Å². The summed E-state index contributed by atoms with van der Waals surface area (Å²) in [6.45, 7) is -0.122. The van der Waals surface area contributed by atoms with Crippen molar-refractivity contribution in [3.8, 4) is 0 Å². The van der Waals surface area contributed by atoms with Crippen molar-refractivity contribution in [3.63, 3.8) is 0 Å². The number of hydrogen-bond donors (Lipinski definition) is 0. The largest absolute Gasteiger partial charge is 0.398 e. The summed E-state index contributed by atoms with van der Waals surface area (Å²) in [5.74, 6) is -9.18. The van der Waals surface area contributed by atoms with Crippen molar-refractivity contribution in [3.05, 3.63) is 69.7 Å². The molecule has 2 aliphatic rings. The molecule has 0 aliphatic carbocycles. The van der Waals surface area contributed by atoms with E-state index in [4.69, 9.17) is 51.1 Å². The zero-order chi connectivity index (χ0) is 27.4. The SMILES string of the molecule is [B]C1CC(N2Cc3cc(C([B])([B])N([B])C(=O)C(F)(F)c4ccc(Cl)cc4)ccc3C2=O)C(=O)N([B])C1=O. The molecule has 2 heterocycles. The first-order valence-corrected chi connectivity index (χ1v) is 11.2. The van der Waals surface area contributed by atoms with E-state index in [0.29, 0.717) is 10.4 Å². The number of carbonyl (C=O) groups is 4. The average molecular weight is 511 g/mol. The lowest BCUT2D eigenvalue weighted by atomic mass is 9.55. The maximum absolute atomic E-state index is 14.9. The Labute approximate surface area is 222 Å². The molecule has 2 aromatic rings. The lowest BCUT2D eigenvalue weighted by Gasteiger charge is -2.40. The molecule has 10 radical (unpaired) electrons. The molecule has 4 rings (SSSR count). The molecule has 2 atom stereocenters. The van der Waals surface area contributed by atoms with E-state index in [0.717, 1.165) is 12.1 Å². The fourth-order valence-corrected chi connectivity index (χ4v) is 4.36. The Morgan fingerprint density at radius 1 is 1.03 bits per heavy atom. The van der Waals surface area contributed by atoms with Crippen LogP contribution in [0.25, 0.3) is 0 Å². The monoisotopic (exact) mass is 511 g/mol. The third-order valence-corrected chi connectivity index (χ3v) is 6.67. The van der Waals surface area contributed by atoms with Gasteiger partial charge in [0.15, 0.2) is 0 Å². The molecule has 7 nitrogen and oxygen atoms in total. The number of piperidine rings is 1. The molecule has 0 spiro atoms. The Balaban J connectivity index is 1.59. The second-order valence-corrected chi connectivity index (χ2v) is 9.23. The van der Waals surface area contributed by atoms with Crippen LogP contribution in [0.2, 0.25) is 10.8 Å². The van der Waals surface area contributed by atoms with Crippen LogP contribution < -0.4 is 0 Å². The third-order valence-electron chi connectivity index (χ3n) is 6.42. The van der Waals surface area contributed by atoms with Crippen LogP contribution in [-0.2, 0) is 32.2 Å². The minimum absolute atomic E-state index is 0.0134. The van der Waals surface area contributed by atoms with Gasteiger partial charge in [-0.2, -0.15) is 8.78 Å². The minimum Gasteiger partial charge on any atom is -0.398 e. The molecule has 2 aromatic carbocycles. The topological polar surface area (TPSA) is 78.0 Å². The van der Waals surface area contributed by atoms with Crippen molar-refractivity contribution >= 4 is 74.7 Å². The molecule has 0 N–H and O–H groups in total. The molecule has 2 aliphatic heterocycles.